The van der Waals surface area contributed by atoms with Crippen molar-refractivity contribution in [1.82, 2.24) is 4.90 Å². The Kier molecular flexibility index (Phi) is 3.95. The van der Waals surface area contributed by atoms with E-state index in [1.54, 1.807) is 0 Å². The van der Waals surface area contributed by atoms with Gasteiger partial charge in [-0.15, -0.1) is 0 Å². The van der Waals surface area contributed by atoms with Crippen LogP contribution in [0.4, 0.5) is 4.39 Å². The maximum absolute atomic E-state index is 13.2. The lowest BCUT2D eigenvalue weighted by Gasteiger charge is -2.27. The van der Waals surface area contributed by atoms with Crippen LogP contribution in [0.1, 0.15) is 24.0 Å². The summed E-state index contributed by atoms with van der Waals surface area (Å²) in [6, 6.07) is 6.74. The van der Waals surface area contributed by atoms with Gasteiger partial charge in [-0.3, -0.25) is 4.90 Å². The van der Waals surface area contributed by atoms with E-state index in [1.165, 1.54) is 31.0 Å². The molecule has 0 spiro atoms. The van der Waals surface area contributed by atoms with Crippen LogP contribution in [-0.4, -0.2) is 24.5 Å². The molecule has 1 aliphatic rings. The van der Waals surface area contributed by atoms with Gasteiger partial charge < -0.3 is 5.73 Å². The highest BCUT2D eigenvalue weighted by Crippen LogP contribution is 2.35. The first kappa shape index (κ1) is 13.0. The fourth-order valence-electron chi connectivity index (χ4n) is 2.40. The summed E-state index contributed by atoms with van der Waals surface area (Å²) in [5, 5.41) is 9.02. The quantitative estimate of drug-likeness (QED) is 0.864. The third kappa shape index (κ3) is 2.87. The zero-order chi connectivity index (χ0) is 13.1. The molecule has 3 nitrogen and oxygen atoms in total. The lowest BCUT2D eigenvalue weighted by atomic mass is 10.1. The molecule has 96 valence electrons. The molecule has 1 aromatic carbocycles. The lowest BCUT2D eigenvalue weighted by molar-refractivity contribution is 0.215. The van der Waals surface area contributed by atoms with Gasteiger partial charge in [0.1, 0.15) is 5.82 Å². The number of nitriles is 1. The average Bonchev–Trinajstić information content (AvgIpc) is 3.15. The van der Waals surface area contributed by atoms with Crippen molar-refractivity contribution >= 4 is 0 Å². The van der Waals surface area contributed by atoms with Crippen LogP contribution in [-0.2, 0) is 6.54 Å². The van der Waals surface area contributed by atoms with Gasteiger partial charge in [0.15, 0.2) is 0 Å². The van der Waals surface area contributed by atoms with Crippen molar-refractivity contribution in [1.29, 1.82) is 5.26 Å². The van der Waals surface area contributed by atoms with Gasteiger partial charge in [0.05, 0.1) is 11.6 Å². The Morgan fingerprint density at radius 2 is 2.28 bits per heavy atom. The average molecular weight is 247 g/mol. The molecule has 1 saturated carbocycles. The second-order valence-corrected chi connectivity index (χ2v) is 4.97. The highest BCUT2D eigenvalue weighted by Gasteiger charge is 2.32. The van der Waals surface area contributed by atoms with Crippen LogP contribution >= 0.6 is 0 Å². The first-order chi connectivity index (χ1) is 8.65. The lowest BCUT2D eigenvalue weighted by Crippen LogP contribution is -2.39. The molecule has 0 bridgehead atoms. The molecule has 4 heteroatoms. The molecule has 0 heterocycles. The minimum atomic E-state index is -0.298. The standard InChI is InChI=1S/C14H18FN3/c1-18(14(8-17)10-2-3-10)9-12-6-13(15)5-4-11(12)7-16/h4-6,10,14H,2-3,8-9,17H2,1H3. The summed E-state index contributed by atoms with van der Waals surface area (Å²) >= 11 is 0. The molecule has 0 amide bonds. The van der Waals surface area contributed by atoms with Crippen molar-refractivity contribution in [3.63, 3.8) is 0 Å². The number of rotatable bonds is 5. The summed E-state index contributed by atoms with van der Waals surface area (Å²) in [6.45, 7) is 1.18. The summed E-state index contributed by atoms with van der Waals surface area (Å²) in [5.74, 6) is 0.368. The minimum absolute atomic E-state index is 0.298. The Balaban J connectivity index is 2.12. The number of halogens is 1. The number of nitrogens with two attached hydrogens (primary N) is 1. The van der Waals surface area contributed by atoms with Crippen LogP contribution in [0.2, 0.25) is 0 Å². The number of hydrogen-bond donors (Lipinski definition) is 1. The fourth-order valence-corrected chi connectivity index (χ4v) is 2.40. The van der Waals surface area contributed by atoms with Crippen molar-refractivity contribution < 1.29 is 4.39 Å². The Hall–Kier alpha value is -1.44. The third-order valence-electron chi connectivity index (χ3n) is 3.58. The SMILES string of the molecule is CN(Cc1cc(F)ccc1C#N)C(CN)C1CC1. The van der Waals surface area contributed by atoms with E-state index in [0.717, 1.165) is 5.56 Å². The zero-order valence-electron chi connectivity index (χ0n) is 10.6. The number of likely N-dealkylation sites (N-methyl/N-ethyl adjacent to an activating group) is 1. The van der Waals surface area contributed by atoms with E-state index in [0.29, 0.717) is 30.6 Å². The van der Waals surface area contributed by atoms with Gasteiger partial charge in [-0.2, -0.15) is 5.26 Å². The molecule has 1 aromatic rings. The normalized spacial score (nSPS) is 16.6. The van der Waals surface area contributed by atoms with E-state index in [2.05, 4.69) is 11.0 Å². The van der Waals surface area contributed by atoms with Crippen molar-refractivity contribution in [3.8, 4) is 6.07 Å². The number of benzene rings is 1. The van der Waals surface area contributed by atoms with Crippen LogP contribution in [0.3, 0.4) is 0 Å². The van der Waals surface area contributed by atoms with Gasteiger partial charge in [-0.05, 0) is 49.6 Å². The molecule has 1 atom stereocenters. The molecule has 2 rings (SSSR count). The van der Waals surface area contributed by atoms with Crippen LogP contribution in [0.5, 0.6) is 0 Å². The summed E-state index contributed by atoms with van der Waals surface area (Å²) in [7, 11) is 1.99. The van der Waals surface area contributed by atoms with Gasteiger partial charge in [-0.25, -0.2) is 4.39 Å². The van der Waals surface area contributed by atoms with Gasteiger partial charge in [0.2, 0.25) is 0 Å². The Morgan fingerprint density at radius 1 is 1.56 bits per heavy atom. The molecule has 0 aromatic heterocycles. The largest absolute Gasteiger partial charge is 0.329 e. The van der Waals surface area contributed by atoms with Crippen molar-refractivity contribution in [3.05, 3.63) is 35.1 Å². The molecule has 1 unspecified atom stereocenters. The second kappa shape index (κ2) is 5.47. The Bertz CT molecular complexity index is 463. The van der Waals surface area contributed by atoms with Crippen LogP contribution in [0, 0.1) is 23.1 Å². The predicted octanol–water partition coefficient (Wildman–Crippen LogP) is 1.87. The van der Waals surface area contributed by atoms with E-state index in [-0.39, 0.29) is 5.82 Å². The Labute approximate surface area is 107 Å². The first-order valence-corrected chi connectivity index (χ1v) is 6.24. The highest BCUT2D eigenvalue weighted by molar-refractivity contribution is 5.37. The molecule has 0 radical (unpaired) electrons. The predicted molar refractivity (Wildman–Crippen MR) is 68.1 cm³/mol. The minimum Gasteiger partial charge on any atom is -0.329 e. The summed E-state index contributed by atoms with van der Waals surface area (Å²) in [6.07, 6.45) is 2.45. The molecule has 2 N–H and O–H groups in total. The highest BCUT2D eigenvalue weighted by atomic mass is 19.1. The topological polar surface area (TPSA) is 53.0 Å². The van der Waals surface area contributed by atoms with Gasteiger partial charge in [0, 0.05) is 19.1 Å². The van der Waals surface area contributed by atoms with E-state index in [4.69, 9.17) is 11.0 Å². The van der Waals surface area contributed by atoms with Crippen molar-refractivity contribution in [2.75, 3.05) is 13.6 Å². The Morgan fingerprint density at radius 3 is 2.83 bits per heavy atom. The first-order valence-electron chi connectivity index (χ1n) is 6.24. The maximum Gasteiger partial charge on any atom is 0.123 e. The molecule has 1 aliphatic carbocycles. The summed E-state index contributed by atoms with van der Waals surface area (Å²) in [4.78, 5) is 2.13. The van der Waals surface area contributed by atoms with Crippen molar-refractivity contribution in [2.24, 2.45) is 11.7 Å². The molecular weight excluding hydrogens is 229 g/mol. The smallest absolute Gasteiger partial charge is 0.123 e. The van der Waals surface area contributed by atoms with Crippen LogP contribution in [0.15, 0.2) is 18.2 Å². The fraction of sp³-hybridized carbons (Fsp3) is 0.500. The molecule has 18 heavy (non-hydrogen) atoms. The zero-order valence-corrected chi connectivity index (χ0v) is 10.6. The van der Waals surface area contributed by atoms with Crippen molar-refractivity contribution in [2.45, 2.75) is 25.4 Å². The van der Waals surface area contributed by atoms with E-state index >= 15 is 0 Å². The third-order valence-corrected chi connectivity index (χ3v) is 3.58. The molecule has 1 fully saturated rings. The number of hydrogen-bond acceptors (Lipinski definition) is 3. The van der Waals surface area contributed by atoms with Gasteiger partial charge in [-0.1, -0.05) is 0 Å². The van der Waals surface area contributed by atoms with E-state index < -0.39 is 0 Å². The van der Waals surface area contributed by atoms with Gasteiger partial charge >= 0.3 is 0 Å². The molecular formula is C14H18FN3. The van der Waals surface area contributed by atoms with E-state index in [1.807, 2.05) is 7.05 Å². The van der Waals surface area contributed by atoms with Gasteiger partial charge in [0.25, 0.3) is 0 Å². The van der Waals surface area contributed by atoms with Crippen LogP contribution in [0.25, 0.3) is 0 Å². The summed E-state index contributed by atoms with van der Waals surface area (Å²) < 4.78 is 13.2. The monoisotopic (exact) mass is 247 g/mol. The maximum atomic E-state index is 13.2. The molecule has 0 saturated heterocycles. The van der Waals surface area contributed by atoms with E-state index in [9.17, 15) is 4.39 Å². The molecule has 0 aliphatic heterocycles. The summed E-state index contributed by atoms with van der Waals surface area (Å²) in [5.41, 5.74) is 7.06. The second-order valence-electron chi connectivity index (χ2n) is 4.97. The van der Waals surface area contributed by atoms with Crippen LogP contribution < -0.4 is 5.73 Å². The number of nitrogens with zero attached hydrogens (tertiary/aromatic N) is 2.